The van der Waals surface area contributed by atoms with Crippen LogP contribution in [0.15, 0.2) is 0 Å². The van der Waals surface area contributed by atoms with Crippen LogP contribution in [0, 0.1) is 5.41 Å². The van der Waals surface area contributed by atoms with E-state index in [1.54, 1.807) is 13.8 Å². The number of nitrogens with zero attached hydrogens (tertiary/aromatic N) is 1. The smallest absolute Gasteiger partial charge is 0.235 e. The molecule has 0 aromatic rings. The van der Waals surface area contributed by atoms with Crippen molar-refractivity contribution < 1.29 is 14.3 Å². The van der Waals surface area contributed by atoms with E-state index < -0.39 is 5.41 Å². The molecule has 1 aliphatic rings. The van der Waals surface area contributed by atoms with Gasteiger partial charge in [0.1, 0.15) is 0 Å². The zero-order valence-electron chi connectivity index (χ0n) is 9.45. The summed E-state index contributed by atoms with van der Waals surface area (Å²) < 4.78 is 4.86. The predicted octanol–water partition coefficient (Wildman–Crippen LogP) is -0.255. The molecule has 2 amide bonds. The summed E-state index contributed by atoms with van der Waals surface area (Å²) in [5, 5.41) is 0. The Hall–Kier alpha value is -0.940. The maximum absolute atomic E-state index is 11.8. The van der Waals surface area contributed by atoms with Crippen molar-refractivity contribution in [2.75, 3.05) is 20.3 Å². The number of ether oxygens (including phenoxy) is 1. The molecule has 15 heavy (non-hydrogen) atoms. The van der Waals surface area contributed by atoms with Crippen LogP contribution in [0.3, 0.4) is 0 Å². The second-order valence-electron chi connectivity index (χ2n) is 4.59. The first-order valence-electron chi connectivity index (χ1n) is 4.98. The normalized spacial score (nSPS) is 22.3. The van der Waals surface area contributed by atoms with Crippen LogP contribution in [0.1, 0.15) is 20.3 Å². The number of hydrogen-bond donors (Lipinski definition) is 1. The second-order valence-corrected chi connectivity index (χ2v) is 4.59. The van der Waals surface area contributed by atoms with E-state index in [1.165, 1.54) is 12.0 Å². The van der Waals surface area contributed by atoms with E-state index >= 15 is 0 Å². The minimum absolute atomic E-state index is 0.140. The standard InChI is InChI=1S/C10H18N2O3/c1-10(2)4-8(13)12(9(10)14)5-7(11)6-15-3/h7H,4-6,11H2,1-3H3. The molecule has 0 bridgehead atoms. The van der Waals surface area contributed by atoms with Crippen molar-refractivity contribution in [2.45, 2.75) is 26.3 Å². The van der Waals surface area contributed by atoms with Gasteiger partial charge >= 0.3 is 0 Å². The minimum Gasteiger partial charge on any atom is -0.383 e. The number of imide groups is 1. The Kier molecular flexibility index (Phi) is 3.46. The lowest BCUT2D eigenvalue weighted by Gasteiger charge is -2.20. The van der Waals surface area contributed by atoms with Crippen molar-refractivity contribution in [1.29, 1.82) is 0 Å². The summed E-state index contributed by atoms with van der Waals surface area (Å²) in [4.78, 5) is 24.6. The molecule has 0 aromatic heterocycles. The Balaban J connectivity index is 2.63. The average Bonchev–Trinajstić information content (AvgIpc) is 2.28. The summed E-state index contributed by atoms with van der Waals surface area (Å²) in [5.74, 6) is -0.282. The number of nitrogens with two attached hydrogens (primary N) is 1. The van der Waals surface area contributed by atoms with Crippen LogP contribution in [0.5, 0.6) is 0 Å². The number of methoxy groups -OCH3 is 1. The van der Waals surface area contributed by atoms with Gasteiger partial charge in [-0.05, 0) is 0 Å². The molecule has 5 heteroatoms. The number of carbonyl (C=O) groups is 2. The van der Waals surface area contributed by atoms with Crippen LogP contribution in [0.2, 0.25) is 0 Å². The lowest BCUT2D eigenvalue weighted by atomic mass is 9.92. The van der Waals surface area contributed by atoms with Crippen molar-refractivity contribution in [3.63, 3.8) is 0 Å². The predicted molar refractivity (Wildman–Crippen MR) is 55.0 cm³/mol. The fraction of sp³-hybridized carbons (Fsp3) is 0.800. The van der Waals surface area contributed by atoms with E-state index in [1.807, 2.05) is 0 Å². The molecular formula is C10H18N2O3. The van der Waals surface area contributed by atoms with E-state index in [2.05, 4.69) is 0 Å². The molecule has 1 heterocycles. The summed E-state index contributed by atoms with van der Waals surface area (Å²) in [6, 6.07) is -0.309. The Labute approximate surface area is 89.6 Å². The Bertz CT molecular complexity index is 276. The summed E-state index contributed by atoms with van der Waals surface area (Å²) in [6.45, 7) is 4.14. The second kappa shape index (κ2) is 4.28. The van der Waals surface area contributed by atoms with E-state index in [0.717, 1.165) is 0 Å². The van der Waals surface area contributed by atoms with Crippen LogP contribution >= 0.6 is 0 Å². The third kappa shape index (κ3) is 2.54. The minimum atomic E-state index is -0.579. The zero-order chi connectivity index (χ0) is 11.6. The van der Waals surface area contributed by atoms with Gasteiger partial charge in [0.2, 0.25) is 11.8 Å². The quantitative estimate of drug-likeness (QED) is 0.655. The molecule has 0 aromatic carbocycles. The van der Waals surface area contributed by atoms with Gasteiger partial charge in [0.05, 0.1) is 12.0 Å². The first-order valence-corrected chi connectivity index (χ1v) is 4.98. The molecule has 0 radical (unpaired) electrons. The molecule has 5 nitrogen and oxygen atoms in total. The maximum atomic E-state index is 11.8. The first kappa shape index (κ1) is 12.1. The number of rotatable bonds is 4. The van der Waals surface area contributed by atoms with E-state index in [0.29, 0.717) is 6.61 Å². The molecule has 1 saturated heterocycles. The van der Waals surface area contributed by atoms with Crippen LogP contribution < -0.4 is 5.73 Å². The lowest BCUT2D eigenvalue weighted by Crippen LogP contribution is -2.44. The number of likely N-dealkylation sites (tertiary alicyclic amines) is 1. The molecule has 0 spiro atoms. The molecule has 0 saturated carbocycles. The SMILES string of the molecule is COCC(N)CN1C(=O)CC(C)(C)C1=O. The average molecular weight is 214 g/mol. The molecule has 1 atom stereocenters. The van der Waals surface area contributed by atoms with Crippen molar-refractivity contribution in [3.05, 3.63) is 0 Å². The fourth-order valence-corrected chi connectivity index (χ4v) is 1.71. The van der Waals surface area contributed by atoms with Crippen molar-refractivity contribution in [3.8, 4) is 0 Å². The highest BCUT2D eigenvalue weighted by molar-refractivity contribution is 6.05. The van der Waals surface area contributed by atoms with Crippen LogP contribution in [-0.4, -0.2) is 43.0 Å². The number of amides is 2. The van der Waals surface area contributed by atoms with Gasteiger partial charge in [-0.15, -0.1) is 0 Å². The van der Waals surface area contributed by atoms with Crippen molar-refractivity contribution >= 4 is 11.8 Å². The molecule has 86 valence electrons. The third-order valence-electron chi connectivity index (χ3n) is 2.52. The van der Waals surface area contributed by atoms with Gasteiger partial charge in [-0.25, -0.2) is 0 Å². The summed E-state index contributed by atoms with van der Waals surface area (Å²) in [7, 11) is 1.54. The first-order chi connectivity index (χ1) is 6.88. The summed E-state index contributed by atoms with van der Waals surface area (Å²) >= 11 is 0. The van der Waals surface area contributed by atoms with Gasteiger partial charge in [0, 0.05) is 26.1 Å². The van der Waals surface area contributed by atoms with Crippen LogP contribution in [0.4, 0.5) is 0 Å². The molecule has 1 rings (SSSR count). The summed E-state index contributed by atoms with van der Waals surface area (Å²) in [6.07, 6.45) is 0.269. The topological polar surface area (TPSA) is 72.6 Å². The van der Waals surface area contributed by atoms with E-state index in [4.69, 9.17) is 10.5 Å². The molecule has 2 N–H and O–H groups in total. The molecule has 1 aliphatic heterocycles. The molecule has 1 unspecified atom stereocenters. The van der Waals surface area contributed by atoms with E-state index in [9.17, 15) is 9.59 Å². The van der Waals surface area contributed by atoms with Gasteiger partial charge in [-0.1, -0.05) is 13.8 Å². The van der Waals surface area contributed by atoms with E-state index in [-0.39, 0.29) is 30.8 Å². The Morgan fingerprint density at radius 2 is 2.13 bits per heavy atom. The van der Waals surface area contributed by atoms with Gasteiger partial charge < -0.3 is 10.5 Å². The van der Waals surface area contributed by atoms with Crippen molar-refractivity contribution in [1.82, 2.24) is 4.90 Å². The lowest BCUT2D eigenvalue weighted by molar-refractivity contribution is -0.141. The molecule has 0 aliphatic carbocycles. The van der Waals surface area contributed by atoms with Crippen molar-refractivity contribution in [2.24, 2.45) is 11.1 Å². The zero-order valence-corrected chi connectivity index (χ0v) is 9.45. The highest BCUT2D eigenvalue weighted by atomic mass is 16.5. The molecule has 1 fully saturated rings. The molecular weight excluding hydrogens is 196 g/mol. The third-order valence-corrected chi connectivity index (χ3v) is 2.52. The van der Waals surface area contributed by atoms with Crippen LogP contribution in [0.25, 0.3) is 0 Å². The monoisotopic (exact) mass is 214 g/mol. The Morgan fingerprint density at radius 1 is 1.53 bits per heavy atom. The summed E-state index contributed by atoms with van der Waals surface area (Å²) in [5.41, 5.74) is 5.13. The van der Waals surface area contributed by atoms with Gasteiger partial charge in [0.25, 0.3) is 0 Å². The maximum Gasteiger partial charge on any atom is 0.235 e. The van der Waals surface area contributed by atoms with Gasteiger partial charge in [0.15, 0.2) is 0 Å². The number of carbonyl (C=O) groups excluding carboxylic acids is 2. The Morgan fingerprint density at radius 3 is 2.53 bits per heavy atom. The van der Waals surface area contributed by atoms with Gasteiger partial charge in [-0.2, -0.15) is 0 Å². The largest absolute Gasteiger partial charge is 0.383 e. The fourth-order valence-electron chi connectivity index (χ4n) is 1.71. The highest BCUT2D eigenvalue weighted by Gasteiger charge is 2.44. The van der Waals surface area contributed by atoms with Gasteiger partial charge in [-0.3, -0.25) is 14.5 Å². The van der Waals surface area contributed by atoms with Crippen LogP contribution in [-0.2, 0) is 14.3 Å². The number of hydrogen-bond acceptors (Lipinski definition) is 4. The highest BCUT2D eigenvalue weighted by Crippen LogP contribution is 2.31.